The van der Waals surface area contributed by atoms with Gasteiger partial charge in [0.15, 0.2) is 0 Å². The maximum atomic E-state index is 12.5. The fraction of sp³-hybridized carbons (Fsp3) is 0.750. The van der Waals surface area contributed by atoms with E-state index in [4.69, 9.17) is 0 Å². The van der Waals surface area contributed by atoms with E-state index in [0.29, 0.717) is 19.4 Å². The summed E-state index contributed by atoms with van der Waals surface area (Å²) in [5.41, 5.74) is 0.926. The molecule has 1 aromatic rings. The number of rotatable bonds is 3. The predicted octanol–water partition coefficient (Wildman–Crippen LogP) is 2.63. The summed E-state index contributed by atoms with van der Waals surface area (Å²) in [6, 6.07) is 2.10. The van der Waals surface area contributed by atoms with Crippen LogP contribution in [0.25, 0.3) is 0 Å². The van der Waals surface area contributed by atoms with Gasteiger partial charge in [-0.25, -0.2) is 0 Å². The van der Waals surface area contributed by atoms with E-state index in [2.05, 4.69) is 10.4 Å². The first-order valence-electron chi connectivity index (χ1n) is 6.24. The second-order valence-corrected chi connectivity index (χ2v) is 4.95. The van der Waals surface area contributed by atoms with Crippen LogP contribution in [-0.2, 0) is 13.6 Å². The number of hydrogen-bond donors (Lipinski definition) is 1. The van der Waals surface area contributed by atoms with Crippen molar-refractivity contribution in [2.24, 2.45) is 13.0 Å². The second kappa shape index (κ2) is 5.30. The van der Waals surface area contributed by atoms with Crippen LogP contribution in [0.5, 0.6) is 0 Å². The Hall–Kier alpha value is -1.04. The summed E-state index contributed by atoms with van der Waals surface area (Å²) in [6.07, 6.45) is -0.496. The van der Waals surface area contributed by atoms with Crippen LogP contribution in [0.1, 0.15) is 31.4 Å². The largest absolute Gasteiger partial charge is 0.391 e. The minimum atomic E-state index is -4.02. The molecule has 1 saturated carbocycles. The van der Waals surface area contributed by atoms with Crippen molar-refractivity contribution in [1.29, 1.82) is 0 Å². The molecule has 0 atom stereocenters. The molecule has 0 saturated heterocycles. The highest BCUT2D eigenvalue weighted by Gasteiger charge is 2.41. The quantitative estimate of drug-likeness (QED) is 0.906. The molecule has 1 fully saturated rings. The molecule has 18 heavy (non-hydrogen) atoms. The Morgan fingerprint density at radius 1 is 1.33 bits per heavy atom. The van der Waals surface area contributed by atoms with Gasteiger partial charge in [0.25, 0.3) is 0 Å². The van der Waals surface area contributed by atoms with E-state index >= 15 is 0 Å². The standard InChI is InChI=1S/C12H18F3N3/c1-18-7-6-11(17-18)8-16-10-4-2-9(3-5-10)12(13,14)15/h6-7,9-10,16H,2-5,8H2,1H3. The average molecular weight is 261 g/mol. The zero-order chi connectivity index (χ0) is 13.2. The topological polar surface area (TPSA) is 29.9 Å². The van der Waals surface area contributed by atoms with Crippen LogP contribution >= 0.6 is 0 Å². The third-order valence-electron chi connectivity index (χ3n) is 3.53. The number of hydrogen-bond acceptors (Lipinski definition) is 2. The van der Waals surface area contributed by atoms with Crippen molar-refractivity contribution in [2.45, 2.75) is 44.4 Å². The Balaban J connectivity index is 1.74. The van der Waals surface area contributed by atoms with Crippen molar-refractivity contribution < 1.29 is 13.2 Å². The third-order valence-corrected chi connectivity index (χ3v) is 3.53. The summed E-state index contributed by atoms with van der Waals surface area (Å²) in [5, 5.41) is 7.50. The second-order valence-electron chi connectivity index (χ2n) is 4.95. The zero-order valence-electron chi connectivity index (χ0n) is 10.4. The number of nitrogens with one attached hydrogen (secondary N) is 1. The first kappa shape index (κ1) is 13.4. The van der Waals surface area contributed by atoms with Crippen molar-refractivity contribution in [3.05, 3.63) is 18.0 Å². The maximum Gasteiger partial charge on any atom is 0.391 e. The van der Waals surface area contributed by atoms with Gasteiger partial charge in [-0.3, -0.25) is 4.68 Å². The first-order valence-corrected chi connectivity index (χ1v) is 6.24. The molecule has 1 aliphatic rings. The van der Waals surface area contributed by atoms with Gasteiger partial charge < -0.3 is 5.32 Å². The van der Waals surface area contributed by atoms with Gasteiger partial charge in [0.05, 0.1) is 11.6 Å². The molecule has 1 N–H and O–H groups in total. The molecule has 6 heteroatoms. The SMILES string of the molecule is Cn1ccc(CNC2CCC(C(F)(F)F)CC2)n1. The molecule has 102 valence electrons. The van der Waals surface area contributed by atoms with E-state index in [1.807, 2.05) is 19.3 Å². The number of aromatic nitrogens is 2. The monoisotopic (exact) mass is 261 g/mol. The van der Waals surface area contributed by atoms with E-state index in [1.165, 1.54) is 0 Å². The van der Waals surface area contributed by atoms with Gasteiger partial charge in [0, 0.05) is 25.8 Å². The van der Waals surface area contributed by atoms with Crippen LogP contribution in [0.2, 0.25) is 0 Å². The van der Waals surface area contributed by atoms with Gasteiger partial charge in [-0.15, -0.1) is 0 Å². The first-order chi connectivity index (χ1) is 8.45. The van der Waals surface area contributed by atoms with Gasteiger partial charge in [-0.1, -0.05) is 0 Å². The molecular weight excluding hydrogens is 243 g/mol. The fourth-order valence-electron chi connectivity index (χ4n) is 2.43. The molecule has 0 unspecified atom stereocenters. The highest BCUT2D eigenvalue weighted by molar-refractivity contribution is 4.98. The smallest absolute Gasteiger partial charge is 0.308 e. The van der Waals surface area contributed by atoms with Gasteiger partial charge in [0.2, 0.25) is 0 Å². The summed E-state index contributed by atoms with van der Waals surface area (Å²) >= 11 is 0. The Labute approximate surface area is 104 Å². The Kier molecular flexibility index (Phi) is 3.94. The molecule has 3 nitrogen and oxygen atoms in total. The summed E-state index contributed by atoms with van der Waals surface area (Å²) < 4.78 is 39.2. The molecule has 1 aromatic heterocycles. The summed E-state index contributed by atoms with van der Waals surface area (Å²) in [5.74, 6) is -1.11. The van der Waals surface area contributed by atoms with E-state index in [9.17, 15) is 13.2 Å². The molecule has 0 aromatic carbocycles. The number of nitrogens with zero attached hydrogens (tertiary/aromatic N) is 2. The molecule has 0 amide bonds. The maximum absolute atomic E-state index is 12.5. The van der Waals surface area contributed by atoms with E-state index in [-0.39, 0.29) is 18.9 Å². The lowest BCUT2D eigenvalue weighted by Crippen LogP contribution is -2.36. The molecule has 0 radical (unpaired) electrons. The van der Waals surface area contributed by atoms with Gasteiger partial charge in [-0.05, 0) is 31.7 Å². The minimum absolute atomic E-state index is 0.186. The highest BCUT2D eigenvalue weighted by Crippen LogP contribution is 2.37. The van der Waals surface area contributed by atoms with Crippen LogP contribution in [0.15, 0.2) is 12.3 Å². The molecule has 2 rings (SSSR count). The van der Waals surface area contributed by atoms with Crippen LogP contribution in [0.4, 0.5) is 13.2 Å². The van der Waals surface area contributed by atoms with Gasteiger partial charge >= 0.3 is 6.18 Å². The normalized spacial score (nSPS) is 25.3. The van der Waals surface area contributed by atoms with Crippen LogP contribution in [0, 0.1) is 5.92 Å². The summed E-state index contributed by atoms with van der Waals surface area (Å²) in [4.78, 5) is 0. The van der Waals surface area contributed by atoms with E-state index in [0.717, 1.165) is 5.69 Å². The van der Waals surface area contributed by atoms with Crippen molar-refractivity contribution in [2.75, 3.05) is 0 Å². The number of halogens is 3. The predicted molar refractivity (Wildman–Crippen MR) is 61.8 cm³/mol. The van der Waals surface area contributed by atoms with Crippen LogP contribution < -0.4 is 5.32 Å². The summed E-state index contributed by atoms with van der Waals surface area (Å²) in [6.45, 7) is 0.627. The molecular formula is C12H18F3N3. The van der Waals surface area contributed by atoms with Gasteiger partial charge in [-0.2, -0.15) is 18.3 Å². The van der Waals surface area contributed by atoms with Crippen molar-refractivity contribution in [3.8, 4) is 0 Å². The molecule has 1 aliphatic carbocycles. The van der Waals surface area contributed by atoms with Crippen molar-refractivity contribution >= 4 is 0 Å². The van der Waals surface area contributed by atoms with Crippen LogP contribution in [-0.4, -0.2) is 22.0 Å². The fourth-order valence-corrected chi connectivity index (χ4v) is 2.43. The third kappa shape index (κ3) is 3.48. The molecule has 0 bridgehead atoms. The average Bonchev–Trinajstić information content (AvgIpc) is 2.72. The lowest BCUT2D eigenvalue weighted by molar-refractivity contribution is -0.182. The molecule has 0 aliphatic heterocycles. The van der Waals surface area contributed by atoms with Gasteiger partial charge in [0.1, 0.15) is 0 Å². The molecule has 0 spiro atoms. The van der Waals surface area contributed by atoms with Crippen molar-refractivity contribution in [3.63, 3.8) is 0 Å². The van der Waals surface area contributed by atoms with E-state index < -0.39 is 12.1 Å². The van der Waals surface area contributed by atoms with Crippen molar-refractivity contribution in [1.82, 2.24) is 15.1 Å². The molecule has 1 heterocycles. The lowest BCUT2D eigenvalue weighted by Gasteiger charge is -2.30. The Bertz CT molecular complexity index is 378. The lowest BCUT2D eigenvalue weighted by atomic mass is 9.85. The number of aryl methyl sites for hydroxylation is 1. The Morgan fingerprint density at radius 2 is 2.00 bits per heavy atom. The number of alkyl halides is 3. The Morgan fingerprint density at radius 3 is 2.50 bits per heavy atom. The summed E-state index contributed by atoms with van der Waals surface area (Å²) in [7, 11) is 1.85. The highest BCUT2D eigenvalue weighted by atomic mass is 19.4. The van der Waals surface area contributed by atoms with E-state index in [1.54, 1.807) is 4.68 Å². The minimum Gasteiger partial charge on any atom is -0.308 e. The zero-order valence-corrected chi connectivity index (χ0v) is 10.4. The van der Waals surface area contributed by atoms with Crippen LogP contribution in [0.3, 0.4) is 0 Å².